The number of anilines is 1. The zero-order chi connectivity index (χ0) is 26.9. The molecular formula is C34H30N4O2. The van der Waals surface area contributed by atoms with Crippen LogP contribution in [0.2, 0.25) is 0 Å². The maximum absolute atomic E-state index is 11.7. The summed E-state index contributed by atoms with van der Waals surface area (Å²) >= 11 is 0. The molecule has 6 heteroatoms. The van der Waals surface area contributed by atoms with Crippen molar-refractivity contribution in [3.63, 3.8) is 0 Å². The quantitative estimate of drug-likeness (QED) is 0.256. The van der Waals surface area contributed by atoms with Gasteiger partial charge in [0.2, 0.25) is 0 Å². The molecule has 0 radical (unpaired) electrons. The second-order valence-electron chi connectivity index (χ2n) is 10.6. The van der Waals surface area contributed by atoms with Crippen molar-refractivity contribution in [2.24, 2.45) is 5.10 Å². The van der Waals surface area contributed by atoms with Crippen molar-refractivity contribution in [2.45, 2.75) is 31.7 Å². The number of hydrogen-bond donors (Lipinski definition) is 0. The molecule has 3 aromatic carbocycles. The van der Waals surface area contributed by atoms with Crippen LogP contribution in [0, 0.1) is 0 Å². The van der Waals surface area contributed by atoms with Crippen molar-refractivity contribution < 1.29 is 9.21 Å². The van der Waals surface area contributed by atoms with Crippen LogP contribution in [0.1, 0.15) is 42.2 Å². The number of benzene rings is 3. The molecule has 1 saturated heterocycles. The highest BCUT2D eigenvalue weighted by atomic mass is 16.3. The van der Waals surface area contributed by atoms with E-state index in [0.29, 0.717) is 12.3 Å². The van der Waals surface area contributed by atoms with Gasteiger partial charge in [-0.25, -0.2) is 9.99 Å². The van der Waals surface area contributed by atoms with Gasteiger partial charge >= 0.3 is 0 Å². The van der Waals surface area contributed by atoms with E-state index in [2.05, 4.69) is 47.4 Å². The highest BCUT2D eigenvalue weighted by molar-refractivity contribution is 6.17. The largest absolute Gasteiger partial charge is 0.440 e. The monoisotopic (exact) mass is 526 g/mol. The van der Waals surface area contributed by atoms with Gasteiger partial charge in [-0.15, -0.1) is 0 Å². The van der Waals surface area contributed by atoms with E-state index in [1.54, 1.807) is 0 Å². The molecule has 2 aliphatic heterocycles. The zero-order valence-corrected chi connectivity index (χ0v) is 22.2. The number of piperidine rings is 1. The van der Waals surface area contributed by atoms with E-state index < -0.39 is 0 Å². The first-order valence-corrected chi connectivity index (χ1v) is 13.9. The smallest absolute Gasteiger partial charge is 0.198 e. The first-order chi connectivity index (χ1) is 19.7. The van der Waals surface area contributed by atoms with Crippen LogP contribution >= 0.6 is 0 Å². The van der Waals surface area contributed by atoms with Crippen LogP contribution < -0.4 is 5.01 Å². The Kier molecular flexibility index (Phi) is 6.46. The predicted octanol–water partition coefficient (Wildman–Crippen LogP) is 6.88. The maximum atomic E-state index is 11.7. The molecule has 1 aromatic heterocycles. The maximum Gasteiger partial charge on any atom is 0.198 e. The summed E-state index contributed by atoms with van der Waals surface area (Å²) in [6.07, 6.45) is 9.79. The number of aldehydes is 1. The van der Waals surface area contributed by atoms with Crippen LogP contribution in [-0.4, -0.2) is 35.0 Å². The molecule has 0 bridgehead atoms. The van der Waals surface area contributed by atoms with Crippen molar-refractivity contribution >= 4 is 34.5 Å². The number of para-hydroxylation sites is 2. The van der Waals surface area contributed by atoms with Gasteiger partial charge < -0.3 is 4.42 Å². The number of carbonyl (C=O) groups is 1. The lowest BCUT2D eigenvalue weighted by molar-refractivity contribution is -0.105. The summed E-state index contributed by atoms with van der Waals surface area (Å²) in [5, 5.41) is 6.97. The summed E-state index contributed by atoms with van der Waals surface area (Å²) in [4.78, 5) is 19.0. The van der Waals surface area contributed by atoms with Gasteiger partial charge in [0.05, 0.1) is 17.1 Å². The molecule has 40 heavy (non-hydrogen) atoms. The van der Waals surface area contributed by atoms with E-state index in [9.17, 15) is 4.79 Å². The van der Waals surface area contributed by atoms with Crippen molar-refractivity contribution in [3.8, 4) is 0 Å². The molecule has 0 amide bonds. The molecule has 7 rings (SSSR count). The molecule has 0 atom stereocenters. The summed E-state index contributed by atoms with van der Waals surface area (Å²) in [7, 11) is 0. The van der Waals surface area contributed by atoms with Crippen LogP contribution in [0.3, 0.4) is 0 Å². The van der Waals surface area contributed by atoms with Gasteiger partial charge in [0.25, 0.3) is 0 Å². The summed E-state index contributed by atoms with van der Waals surface area (Å²) in [6, 6.07) is 26.9. The number of rotatable bonds is 6. The van der Waals surface area contributed by atoms with Crippen molar-refractivity contribution in [2.75, 3.05) is 18.1 Å². The van der Waals surface area contributed by atoms with Crippen molar-refractivity contribution in [3.05, 3.63) is 125 Å². The Morgan fingerprint density at radius 1 is 0.925 bits per heavy atom. The molecular weight excluding hydrogens is 496 g/mol. The van der Waals surface area contributed by atoms with Gasteiger partial charge in [-0.05, 0) is 74.3 Å². The van der Waals surface area contributed by atoms with Gasteiger partial charge in [-0.2, -0.15) is 5.10 Å². The summed E-state index contributed by atoms with van der Waals surface area (Å²) in [5.41, 5.74) is 8.60. The van der Waals surface area contributed by atoms with Crippen LogP contribution in [0.5, 0.6) is 0 Å². The van der Waals surface area contributed by atoms with Gasteiger partial charge in [-0.1, -0.05) is 60.7 Å². The van der Waals surface area contributed by atoms with Crippen molar-refractivity contribution in [1.29, 1.82) is 0 Å². The Balaban J connectivity index is 1.07. The van der Waals surface area contributed by atoms with Crippen LogP contribution in [0.4, 0.5) is 5.69 Å². The number of likely N-dealkylation sites (tertiary alicyclic amines) is 1. The van der Waals surface area contributed by atoms with Gasteiger partial charge in [-0.3, -0.25) is 9.69 Å². The van der Waals surface area contributed by atoms with Crippen LogP contribution in [-0.2, 0) is 11.3 Å². The number of oxazole rings is 1. The lowest BCUT2D eigenvalue weighted by atomic mass is 9.93. The van der Waals surface area contributed by atoms with Crippen LogP contribution in [0.25, 0.3) is 16.8 Å². The highest BCUT2D eigenvalue weighted by Crippen LogP contribution is 2.35. The Morgan fingerprint density at radius 2 is 1.70 bits per heavy atom. The third-order valence-electron chi connectivity index (χ3n) is 8.00. The fourth-order valence-corrected chi connectivity index (χ4v) is 5.80. The zero-order valence-electron chi connectivity index (χ0n) is 22.2. The second-order valence-corrected chi connectivity index (χ2v) is 10.6. The molecule has 1 aliphatic carbocycles. The Morgan fingerprint density at radius 3 is 2.48 bits per heavy atom. The first kappa shape index (κ1) is 24.5. The average Bonchev–Trinajstić information content (AvgIpc) is 3.46. The number of nitrogens with zero attached hydrogens (tertiary/aromatic N) is 4. The van der Waals surface area contributed by atoms with E-state index in [0.717, 1.165) is 89.6 Å². The van der Waals surface area contributed by atoms with E-state index in [1.165, 1.54) is 5.56 Å². The van der Waals surface area contributed by atoms with E-state index >= 15 is 0 Å². The molecule has 0 N–H and O–H groups in total. The number of fused-ring (bicyclic) bond motifs is 2. The van der Waals surface area contributed by atoms with E-state index in [-0.39, 0.29) is 0 Å². The third kappa shape index (κ3) is 4.71. The Bertz CT molecular complexity index is 1640. The average molecular weight is 527 g/mol. The van der Waals surface area contributed by atoms with E-state index in [4.69, 9.17) is 14.5 Å². The Hall–Kier alpha value is -4.55. The lowest BCUT2D eigenvalue weighted by Crippen LogP contribution is -2.32. The minimum atomic E-state index is 0.375. The lowest BCUT2D eigenvalue weighted by Gasteiger charge is -2.31. The van der Waals surface area contributed by atoms with E-state index in [1.807, 2.05) is 59.6 Å². The molecule has 3 aliphatic rings. The molecule has 0 unspecified atom stereocenters. The number of hydrogen-bond acceptors (Lipinski definition) is 6. The highest BCUT2D eigenvalue weighted by Gasteiger charge is 2.26. The van der Waals surface area contributed by atoms with Gasteiger partial charge in [0, 0.05) is 29.2 Å². The van der Waals surface area contributed by atoms with Gasteiger partial charge in [0.15, 0.2) is 11.5 Å². The standard InChI is InChI=1S/C34H30N4O2/c39-23-27-9-6-11-30-29(27)21-32(25-7-2-1-3-8-25)38(36-30)28-15-13-24(14-16-28)22-37-19-17-26(18-20-37)34-35-31-10-4-5-12-33(31)40-34/h1-8,10-16,21,23,26H,9,17-20,22H2. The summed E-state index contributed by atoms with van der Waals surface area (Å²) < 4.78 is 6.04. The number of allylic oxidation sites excluding steroid dienone is 5. The number of carbonyl (C=O) groups excluding carboxylic acids is 1. The molecule has 6 nitrogen and oxygen atoms in total. The second kappa shape index (κ2) is 10.5. The van der Waals surface area contributed by atoms with Gasteiger partial charge in [0.1, 0.15) is 11.8 Å². The fraction of sp³-hybridized carbons (Fsp3) is 0.206. The summed E-state index contributed by atoms with van der Waals surface area (Å²) in [6.45, 7) is 2.95. The third-order valence-corrected chi connectivity index (χ3v) is 8.00. The number of aromatic nitrogens is 1. The van der Waals surface area contributed by atoms with Crippen LogP contribution in [0.15, 0.2) is 118 Å². The molecule has 4 aromatic rings. The Labute approximate surface area is 233 Å². The summed E-state index contributed by atoms with van der Waals surface area (Å²) in [5.74, 6) is 1.25. The normalized spacial score (nSPS) is 18.1. The molecule has 1 fully saturated rings. The molecule has 0 saturated carbocycles. The molecule has 3 heterocycles. The minimum Gasteiger partial charge on any atom is -0.440 e. The first-order valence-electron chi connectivity index (χ1n) is 13.9. The topological polar surface area (TPSA) is 61.9 Å². The molecule has 198 valence electrons. The van der Waals surface area contributed by atoms with Crippen molar-refractivity contribution in [1.82, 2.24) is 9.88 Å². The minimum absolute atomic E-state index is 0.375. The predicted molar refractivity (Wildman–Crippen MR) is 159 cm³/mol. The fourth-order valence-electron chi connectivity index (χ4n) is 5.80. The number of hydrazone groups is 1. The molecule has 0 spiro atoms. The SMILES string of the molecule is O=CC1=C2C=C(c3ccccc3)N(c3ccc(CN4CCC(c5nc6ccccc6o5)CC4)cc3)N=C2C=CC1.